The Bertz CT molecular complexity index is 1240. The number of sulfonamides is 1. The van der Waals surface area contributed by atoms with Gasteiger partial charge in [-0.1, -0.05) is 70.9 Å². The number of rotatable bonds is 15. The van der Waals surface area contributed by atoms with E-state index in [1.165, 1.54) is 56.4 Å². The van der Waals surface area contributed by atoms with E-state index >= 15 is 0 Å². The number of amides is 2. The van der Waals surface area contributed by atoms with Crippen molar-refractivity contribution in [3.8, 4) is 0 Å². The van der Waals surface area contributed by atoms with Crippen molar-refractivity contribution in [2.45, 2.75) is 89.4 Å². The summed E-state index contributed by atoms with van der Waals surface area (Å²) in [6, 6.07) is 8.85. The number of hydrogen-bond donors (Lipinski definition) is 2. The number of carbonyl (C=O) groups is 3. The van der Waals surface area contributed by atoms with E-state index in [-0.39, 0.29) is 34.6 Å². The number of nitrogens with one attached hydrogen (secondary N) is 2. The molecule has 1 fully saturated rings. The molecular formula is C31H43N3O6S. The summed E-state index contributed by atoms with van der Waals surface area (Å²) in [5.41, 5.74) is 0.912. The van der Waals surface area contributed by atoms with Crippen LogP contribution in [-0.4, -0.2) is 44.3 Å². The molecule has 0 bridgehead atoms. The van der Waals surface area contributed by atoms with Crippen LogP contribution in [0.4, 0.5) is 0 Å². The van der Waals surface area contributed by atoms with E-state index in [0.29, 0.717) is 25.3 Å². The van der Waals surface area contributed by atoms with Crippen LogP contribution in [0.3, 0.4) is 0 Å². The van der Waals surface area contributed by atoms with Crippen molar-refractivity contribution in [3.05, 3.63) is 59.4 Å². The molecule has 2 amide bonds. The van der Waals surface area contributed by atoms with Gasteiger partial charge in [0.05, 0.1) is 17.1 Å². The van der Waals surface area contributed by atoms with Gasteiger partial charge in [0.1, 0.15) is 5.69 Å². The van der Waals surface area contributed by atoms with Gasteiger partial charge in [0.15, 0.2) is 0 Å². The molecule has 3 rings (SSSR count). The van der Waals surface area contributed by atoms with Crippen molar-refractivity contribution in [3.63, 3.8) is 0 Å². The third-order valence-corrected chi connectivity index (χ3v) is 8.83. The van der Waals surface area contributed by atoms with Crippen molar-refractivity contribution in [1.82, 2.24) is 15.0 Å². The van der Waals surface area contributed by atoms with Crippen LogP contribution >= 0.6 is 0 Å². The molecule has 0 spiro atoms. The van der Waals surface area contributed by atoms with Gasteiger partial charge in [-0.05, 0) is 60.9 Å². The highest BCUT2D eigenvalue weighted by atomic mass is 32.2. The summed E-state index contributed by atoms with van der Waals surface area (Å²) in [6.45, 7) is 4.87. The zero-order chi connectivity index (χ0) is 29.7. The molecule has 1 aromatic heterocycles. The lowest BCUT2D eigenvalue weighted by atomic mass is 9.86. The topological polar surface area (TPSA) is 132 Å². The summed E-state index contributed by atoms with van der Waals surface area (Å²) in [5.74, 6) is -0.492. The molecule has 1 aromatic carbocycles. The number of hydrogen-bond acceptors (Lipinski definition) is 7. The fourth-order valence-electron chi connectivity index (χ4n) is 4.90. The lowest BCUT2D eigenvalue weighted by Crippen LogP contribution is -2.30. The quantitative estimate of drug-likeness (QED) is 0.275. The van der Waals surface area contributed by atoms with Gasteiger partial charge in [-0.2, -0.15) is 0 Å². The van der Waals surface area contributed by atoms with E-state index in [1.54, 1.807) is 12.1 Å². The molecular weight excluding hydrogens is 542 g/mol. The fourth-order valence-corrected chi connectivity index (χ4v) is 5.87. The van der Waals surface area contributed by atoms with Crippen LogP contribution in [-0.2, 0) is 26.0 Å². The Balaban J connectivity index is 1.43. The Morgan fingerprint density at radius 1 is 1.05 bits per heavy atom. The molecule has 1 unspecified atom stereocenters. The van der Waals surface area contributed by atoms with E-state index in [0.717, 1.165) is 37.4 Å². The average molecular weight is 586 g/mol. The first-order valence-electron chi connectivity index (χ1n) is 14.7. The van der Waals surface area contributed by atoms with Gasteiger partial charge in [0.2, 0.25) is 5.91 Å². The van der Waals surface area contributed by atoms with Crippen LogP contribution in [0.2, 0.25) is 0 Å². The van der Waals surface area contributed by atoms with Gasteiger partial charge < -0.3 is 10.1 Å². The molecule has 41 heavy (non-hydrogen) atoms. The van der Waals surface area contributed by atoms with E-state index in [2.05, 4.69) is 17.2 Å². The molecule has 2 aromatic rings. The predicted octanol–water partition coefficient (Wildman–Crippen LogP) is 5.20. The first-order chi connectivity index (χ1) is 19.7. The largest absolute Gasteiger partial charge is 0.461 e. The second kappa shape index (κ2) is 16.2. The highest BCUT2D eigenvalue weighted by molar-refractivity contribution is 7.90. The SMILES string of the molecule is CCCCC(C)COC(=O)c1ccc(C(=O)NS(=O)(=O)c2ccc(CCNC(=O)CCC3CCCCC3)cc2)cn1. The Morgan fingerprint density at radius 2 is 1.78 bits per heavy atom. The van der Waals surface area contributed by atoms with Crippen LogP contribution in [0.25, 0.3) is 0 Å². The number of nitrogens with zero attached hydrogens (tertiary/aromatic N) is 1. The zero-order valence-electron chi connectivity index (χ0n) is 24.2. The van der Waals surface area contributed by atoms with E-state index < -0.39 is 21.9 Å². The van der Waals surface area contributed by atoms with Crippen molar-refractivity contribution in [2.24, 2.45) is 11.8 Å². The lowest BCUT2D eigenvalue weighted by Gasteiger charge is -2.20. The second-order valence-electron chi connectivity index (χ2n) is 11.0. The first-order valence-corrected chi connectivity index (χ1v) is 16.2. The van der Waals surface area contributed by atoms with Gasteiger partial charge in [0, 0.05) is 19.2 Å². The third kappa shape index (κ3) is 10.9. The third-order valence-electron chi connectivity index (χ3n) is 7.49. The summed E-state index contributed by atoms with van der Waals surface area (Å²) in [5, 5.41) is 2.94. The minimum absolute atomic E-state index is 0.00251. The highest BCUT2D eigenvalue weighted by Crippen LogP contribution is 2.27. The summed E-state index contributed by atoms with van der Waals surface area (Å²) in [7, 11) is -4.12. The summed E-state index contributed by atoms with van der Waals surface area (Å²) >= 11 is 0. The molecule has 1 aliphatic carbocycles. The van der Waals surface area contributed by atoms with Crippen LogP contribution in [0.15, 0.2) is 47.5 Å². The maximum absolute atomic E-state index is 12.7. The molecule has 1 heterocycles. The zero-order valence-corrected chi connectivity index (χ0v) is 25.0. The molecule has 9 nitrogen and oxygen atoms in total. The van der Waals surface area contributed by atoms with Gasteiger partial charge in [-0.3, -0.25) is 9.59 Å². The Labute approximate surface area is 243 Å². The number of unbranched alkanes of at least 4 members (excludes halogenated alkanes) is 1. The molecule has 0 radical (unpaired) electrons. The van der Waals surface area contributed by atoms with Crippen molar-refractivity contribution < 1.29 is 27.5 Å². The Morgan fingerprint density at radius 3 is 2.44 bits per heavy atom. The van der Waals surface area contributed by atoms with Crippen molar-refractivity contribution in [1.29, 1.82) is 0 Å². The maximum Gasteiger partial charge on any atom is 0.356 e. The van der Waals surface area contributed by atoms with Crippen molar-refractivity contribution in [2.75, 3.05) is 13.2 Å². The van der Waals surface area contributed by atoms with Crippen LogP contribution < -0.4 is 10.0 Å². The standard InChI is InChI=1S/C31H43N3O6S/c1-3-4-8-23(2)22-40-31(37)28-17-14-26(21-33-28)30(36)34-41(38,39)27-15-11-25(12-16-27)19-20-32-29(35)18-13-24-9-6-5-7-10-24/h11-12,14-17,21,23-24H,3-10,13,18-20,22H2,1-2H3,(H,32,35)(H,34,36). The van der Waals surface area contributed by atoms with E-state index in [4.69, 9.17) is 4.74 Å². The fraction of sp³-hybridized carbons (Fsp3) is 0.548. The van der Waals surface area contributed by atoms with Crippen LogP contribution in [0.5, 0.6) is 0 Å². The smallest absolute Gasteiger partial charge is 0.356 e. The molecule has 0 aliphatic heterocycles. The Hall–Kier alpha value is -3.27. The average Bonchev–Trinajstić information content (AvgIpc) is 2.98. The van der Waals surface area contributed by atoms with Gasteiger partial charge in [0.25, 0.3) is 15.9 Å². The molecule has 1 atom stereocenters. The number of benzene rings is 1. The molecule has 2 N–H and O–H groups in total. The van der Waals surface area contributed by atoms with Gasteiger partial charge >= 0.3 is 5.97 Å². The summed E-state index contributed by atoms with van der Waals surface area (Å²) in [4.78, 5) is 40.9. The number of ether oxygens (including phenoxy) is 1. The Kier molecular flexibility index (Phi) is 12.8. The van der Waals surface area contributed by atoms with Crippen LogP contribution in [0, 0.1) is 11.8 Å². The maximum atomic E-state index is 12.7. The van der Waals surface area contributed by atoms with E-state index in [1.807, 2.05) is 11.6 Å². The minimum Gasteiger partial charge on any atom is -0.461 e. The first kappa shape index (κ1) is 32.2. The summed E-state index contributed by atoms with van der Waals surface area (Å²) in [6.07, 6.45) is 12.6. The number of esters is 1. The van der Waals surface area contributed by atoms with E-state index in [9.17, 15) is 22.8 Å². The monoisotopic (exact) mass is 585 g/mol. The summed E-state index contributed by atoms with van der Waals surface area (Å²) < 4.78 is 32.8. The normalized spacial score (nSPS) is 14.7. The predicted molar refractivity (Wildman–Crippen MR) is 157 cm³/mol. The van der Waals surface area contributed by atoms with Gasteiger partial charge in [-0.25, -0.2) is 22.9 Å². The molecule has 1 aliphatic rings. The molecule has 10 heteroatoms. The number of pyridine rings is 1. The second-order valence-corrected chi connectivity index (χ2v) is 12.7. The lowest BCUT2D eigenvalue weighted by molar-refractivity contribution is -0.121. The molecule has 1 saturated carbocycles. The minimum atomic E-state index is -4.12. The highest BCUT2D eigenvalue weighted by Gasteiger charge is 2.20. The van der Waals surface area contributed by atoms with Gasteiger partial charge in [-0.15, -0.1) is 0 Å². The number of aromatic nitrogens is 1. The molecule has 0 saturated heterocycles. The number of carbonyl (C=O) groups excluding carboxylic acids is 3. The van der Waals surface area contributed by atoms with Crippen molar-refractivity contribution >= 4 is 27.8 Å². The molecule has 224 valence electrons. The van der Waals surface area contributed by atoms with Crippen LogP contribution in [0.1, 0.15) is 104 Å².